The summed E-state index contributed by atoms with van der Waals surface area (Å²) in [7, 11) is 0. The van der Waals surface area contributed by atoms with E-state index in [0.29, 0.717) is 5.92 Å². The molecule has 0 bridgehead atoms. The summed E-state index contributed by atoms with van der Waals surface area (Å²) >= 11 is 0. The largest absolute Gasteiger partial charge is 1.00 e. The first kappa shape index (κ1) is 12.3. The number of allylic oxidation sites excluding steroid dienone is 2. The Morgan fingerprint density at radius 1 is 1.20 bits per heavy atom. The summed E-state index contributed by atoms with van der Waals surface area (Å²) in [6.07, 6.45) is 8.34. The smallest absolute Gasteiger partial charge is 0.475 e. The molecule has 1 aromatic rings. The van der Waals surface area contributed by atoms with Crippen LogP contribution in [0.15, 0.2) is 22.6 Å². The molecule has 1 aliphatic carbocycles. The fraction of sp³-hybridized carbons (Fsp3) is 0.308. The molecule has 0 saturated carbocycles. The third-order valence-corrected chi connectivity index (χ3v) is 2.40. The zero-order valence-corrected chi connectivity index (χ0v) is 9.87. The van der Waals surface area contributed by atoms with Crippen LogP contribution in [0.4, 0.5) is 0 Å². The summed E-state index contributed by atoms with van der Waals surface area (Å²) in [4.78, 5) is 0. The Kier molecular flexibility index (Phi) is 3.96. The van der Waals surface area contributed by atoms with Gasteiger partial charge in [0, 0.05) is 5.92 Å². The Balaban J connectivity index is 0.00000112. The molecule has 0 unspecified atom stereocenters. The SMILES string of the molecule is C[C-]1C=Cc2cc(C(C)C)oc2C=C1.[Li+]. The quantitative estimate of drug-likeness (QED) is 0.481. The molecular weight excluding hydrogens is 179 g/mol. The number of rotatable bonds is 1. The van der Waals surface area contributed by atoms with Crippen molar-refractivity contribution in [2.24, 2.45) is 0 Å². The number of hydrogen-bond donors (Lipinski definition) is 0. The van der Waals surface area contributed by atoms with Gasteiger partial charge in [0.2, 0.25) is 0 Å². The summed E-state index contributed by atoms with van der Waals surface area (Å²) in [6, 6.07) is 2.12. The molecule has 0 amide bonds. The van der Waals surface area contributed by atoms with Gasteiger partial charge in [-0.2, -0.15) is 18.1 Å². The first-order valence-corrected chi connectivity index (χ1v) is 5.00. The summed E-state index contributed by atoms with van der Waals surface area (Å²) in [6.45, 7) is 6.37. The van der Waals surface area contributed by atoms with E-state index >= 15 is 0 Å². The van der Waals surface area contributed by atoms with Crippen molar-refractivity contribution in [2.45, 2.75) is 26.7 Å². The molecule has 0 N–H and O–H groups in total. The van der Waals surface area contributed by atoms with E-state index < -0.39 is 0 Å². The summed E-state index contributed by atoms with van der Waals surface area (Å²) < 4.78 is 5.74. The molecule has 1 heterocycles. The fourth-order valence-corrected chi connectivity index (χ4v) is 1.47. The van der Waals surface area contributed by atoms with E-state index in [1.54, 1.807) is 0 Å². The standard InChI is InChI=1S/C13H15O.Li/c1-9(2)13-8-11-6-4-10(3)5-7-12(11)14-13;/h4-9H,1-3H3;/q-1;+1. The Morgan fingerprint density at radius 2 is 1.87 bits per heavy atom. The van der Waals surface area contributed by atoms with Crippen LogP contribution in [0.25, 0.3) is 12.2 Å². The van der Waals surface area contributed by atoms with Crippen LogP contribution in [0.5, 0.6) is 0 Å². The van der Waals surface area contributed by atoms with Crippen molar-refractivity contribution in [3.63, 3.8) is 0 Å². The average molecular weight is 194 g/mol. The van der Waals surface area contributed by atoms with Gasteiger partial charge < -0.3 is 4.42 Å². The Labute approximate surface area is 103 Å². The Hall–Kier alpha value is -0.773. The van der Waals surface area contributed by atoms with E-state index in [0.717, 1.165) is 11.5 Å². The maximum Gasteiger partial charge on any atom is 1.00 e. The molecule has 0 atom stereocenters. The van der Waals surface area contributed by atoms with E-state index in [1.807, 2.05) is 6.08 Å². The van der Waals surface area contributed by atoms with Gasteiger partial charge in [-0.15, -0.1) is 12.2 Å². The maximum atomic E-state index is 5.74. The van der Waals surface area contributed by atoms with Crippen LogP contribution in [-0.2, 0) is 0 Å². The van der Waals surface area contributed by atoms with E-state index in [-0.39, 0.29) is 18.9 Å². The van der Waals surface area contributed by atoms with Crippen LogP contribution < -0.4 is 18.9 Å². The van der Waals surface area contributed by atoms with E-state index in [4.69, 9.17) is 4.42 Å². The molecule has 74 valence electrons. The molecular formula is C13H15LiO. The van der Waals surface area contributed by atoms with Crippen molar-refractivity contribution >= 4 is 12.2 Å². The van der Waals surface area contributed by atoms with Gasteiger partial charge in [0.15, 0.2) is 0 Å². The molecule has 2 rings (SSSR count). The number of hydrogen-bond acceptors (Lipinski definition) is 1. The average Bonchev–Trinajstić information content (AvgIpc) is 2.48. The molecule has 0 saturated heterocycles. The van der Waals surface area contributed by atoms with Crippen LogP contribution in [0.1, 0.15) is 43.8 Å². The first-order chi connectivity index (χ1) is 6.66. The van der Waals surface area contributed by atoms with E-state index in [9.17, 15) is 0 Å². The van der Waals surface area contributed by atoms with Gasteiger partial charge in [0.25, 0.3) is 0 Å². The summed E-state index contributed by atoms with van der Waals surface area (Å²) in [5.41, 5.74) is 1.18. The molecule has 1 aromatic heterocycles. The van der Waals surface area contributed by atoms with Crippen molar-refractivity contribution in [3.8, 4) is 0 Å². The molecule has 0 aromatic carbocycles. The van der Waals surface area contributed by atoms with Gasteiger partial charge in [-0.3, -0.25) is 0 Å². The van der Waals surface area contributed by atoms with Crippen LogP contribution in [0.3, 0.4) is 0 Å². The van der Waals surface area contributed by atoms with Crippen molar-refractivity contribution in [1.82, 2.24) is 0 Å². The molecule has 0 radical (unpaired) electrons. The van der Waals surface area contributed by atoms with Gasteiger partial charge in [0.05, 0.1) is 5.76 Å². The van der Waals surface area contributed by atoms with Gasteiger partial charge in [-0.25, -0.2) is 0 Å². The molecule has 0 fully saturated rings. The topological polar surface area (TPSA) is 13.1 Å². The zero-order valence-electron chi connectivity index (χ0n) is 9.87. The number of fused-ring (bicyclic) bond motifs is 1. The van der Waals surface area contributed by atoms with Crippen molar-refractivity contribution < 1.29 is 23.3 Å². The first-order valence-electron chi connectivity index (χ1n) is 5.00. The van der Waals surface area contributed by atoms with Gasteiger partial charge in [0.1, 0.15) is 5.76 Å². The fourth-order valence-electron chi connectivity index (χ4n) is 1.47. The van der Waals surface area contributed by atoms with Crippen molar-refractivity contribution in [1.29, 1.82) is 0 Å². The summed E-state index contributed by atoms with van der Waals surface area (Å²) in [5, 5.41) is 0. The minimum atomic E-state index is 0. The van der Waals surface area contributed by atoms with Crippen LogP contribution >= 0.6 is 0 Å². The Morgan fingerprint density at radius 3 is 2.53 bits per heavy atom. The minimum absolute atomic E-state index is 0. The monoisotopic (exact) mass is 194 g/mol. The molecule has 15 heavy (non-hydrogen) atoms. The maximum absolute atomic E-state index is 5.74. The van der Waals surface area contributed by atoms with Crippen molar-refractivity contribution in [2.75, 3.05) is 0 Å². The van der Waals surface area contributed by atoms with Crippen molar-refractivity contribution in [3.05, 3.63) is 41.2 Å². The summed E-state index contributed by atoms with van der Waals surface area (Å²) in [5.74, 6) is 3.74. The zero-order chi connectivity index (χ0) is 10.1. The Bertz CT molecular complexity index is 354. The third-order valence-electron chi connectivity index (χ3n) is 2.40. The molecule has 1 nitrogen and oxygen atoms in total. The predicted molar refractivity (Wildman–Crippen MR) is 59.8 cm³/mol. The molecule has 0 spiro atoms. The second-order valence-corrected chi connectivity index (χ2v) is 4.03. The van der Waals surface area contributed by atoms with Gasteiger partial charge >= 0.3 is 18.9 Å². The van der Waals surface area contributed by atoms with E-state index in [2.05, 4.69) is 45.1 Å². The van der Waals surface area contributed by atoms with Crippen LogP contribution in [-0.4, -0.2) is 0 Å². The van der Waals surface area contributed by atoms with E-state index in [1.165, 1.54) is 11.5 Å². The second kappa shape index (κ2) is 4.83. The second-order valence-electron chi connectivity index (χ2n) is 4.03. The van der Waals surface area contributed by atoms with Gasteiger partial charge in [-0.05, 0) is 11.6 Å². The van der Waals surface area contributed by atoms with Crippen LogP contribution in [0.2, 0.25) is 0 Å². The molecule has 0 aliphatic heterocycles. The molecule has 2 heteroatoms. The molecule has 1 aliphatic rings. The van der Waals surface area contributed by atoms with Gasteiger partial charge in [-0.1, -0.05) is 20.8 Å². The third kappa shape index (κ3) is 2.62. The normalized spacial score (nSPS) is 13.7. The minimum Gasteiger partial charge on any atom is -0.475 e. The number of furan rings is 1. The predicted octanol–water partition coefficient (Wildman–Crippen LogP) is 1.04. The van der Waals surface area contributed by atoms with Crippen LogP contribution in [0, 0.1) is 5.92 Å².